The van der Waals surface area contributed by atoms with Crippen LogP contribution in [0.4, 0.5) is 0 Å². The molecule has 2 unspecified atom stereocenters. The highest BCUT2D eigenvalue weighted by Crippen LogP contribution is 2.30. The smallest absolute Gasteiger partial charge is 0.0521 e. The summed E-state index contributed by atoms with van der Waals surface area (Å²) in [4.78, 5) is 0. The van der Waals surface area contributed by atoms with Gasteiger partial charge in [-0.05, 0) is 0 Å². The molecule has 0 aliphatic rings. The number of rotatable bonds is 15. The fourth-order valence-electron chi connectivity index (χ4n) is 1.46. The van der Waals surface area contributed by atoms with E-state index < -0.39 is 0 Å². The lowest BCUT2D eigenvalue weighted by Crippen LogP contribution is -2.27. The molecule has 0 saturated carbocycles. The Kier molecular flexibility index (Phi) is 17.6. The molecule has 0 fully saturated rings. The Morgan fingerprint density at radius 3 is 1.20 bits per heavy atom. The van der Waals surface area contributed by atoms with Crippen molar-refractivity contribution >= 4 is 47.0 Å². The Morgan fingerprint density at radius 1 is 0.550 bits per heavy atom. The van der Waals surface area contributed by atoms with Crippen molar-refractivity contribution in [2.24, 2.45) is 0 Å². The van der Waals surface area contributed by atoms with Gasteiger partial charge >= 0.3 is 0 Å². The van der Waals surface area contributed by atoms with Crippen molar-refractivity contribution in [3.05, 3.63) is 0 Å². The molecule has 0 aromatic heterocycles. The van der Waals surface area contributed by atoms with Gasteiger partial charge in [-0.2, -0.15) is 47.0 Å². The van der Waals surface area contributed by atoms with Crippen LogP contribution in [-0.4, -0.2) is 91.9 Å². The van der Waals surface area contributed by atoms with E-state index in [0.29, 0.717) is 22.0 Å². The molecule has 0 rings (SSSR count). The van der Waals surface area contributed by atoms with E-state index in [2.05, 4.69) is 0 Å². The van der Waals surface area contributed by atoms with Gasteiger partial charge in [-0.25, -0.2) is 0 Å². The van der Waals surface area contributed by atoms with E-state index in [9.17, 15) is 0 Å². The van der Waals surface area contributed by atoms with Gasteiger partial charge in [-0.15, -0.1) is 0 Å². The molecule has 0 spiro atoms. The highest BCUT2D eigenvalue weighted by molar-refractivity contribution is 8.06. The number of hydrogen-bond donors (Lipinski definition) is 4. The zero-order chi connectivity index (χ0) is 15.1. The summed E-state index contributed by atoms with van der Waals surface area (Å²) in [6.45, 7) is 0.728. The van der Waals surface area contributed by atoms with Gasteiger partial charge in [0.1, 0.15) is 0 Å². The maximum Gasteiger partial charge on any atom is 0.0521 e. The highest BCUT2D eigenvalue weighted by atomic mass is 32.2. The van der Waals surface area contributed by atoms with E-state index in [1.54, 1.807) is 47.0 Å². The van der Waals surface area contributed by atoms with Crippen LogP contribution >= 0.6 is 47.0 Å². The summed E-state index contributed by atoms with van der Waals surface area (Å²) in [5.41, 5.74) is 0. The van der Waals surface area contributed by atoms with Crippen LogP contribution in [0.1, 0.15) is 0 Å². The zero-order valence-corrected chi connectivity index (χ0v) is 14.9. The van der Waals surface area contributed by atoms with E-state index in [1.807, 2.05) is 0 Å². The quantitative estimate of drug-likeness (QED) is 0.316. The largest absolute Gasteiger partial charge is 0.396 e. The second kappa shape index (κ2) is 16.6. The van der Waals surface area contributed by atoms with Crippen molar-refractivity contribution < 1.29 is 20.4 Å². The number of hydrogen-bond acceptors (Lipinski definition) is 8. The molecule has 4 N–H and O–H groups in total. The van der Waals surface area contributed by atoms with E-state index in [-0.39, 0.29) is 26.4 Å². The fourth-order valence-corrected chi connectivity index (χ4v) is 6.48. The van der Waals surface area contributed by atoms with Crippen LogP contribution in [0, 0.1) is 0 Å². The molecule has 0 aliphatic carbocycles. The maximum atomic E-state index is 9.01. The number of aliphatic hydroxyl groups is 4. The average molecular weight is 363 g/mol. The van der Waals surface area contributed by atoms with Crippen LogP contribution in [0.2, 0.25) is 0 Å². The summed E-state index contributed by atoms with van der Waals surface area (Å²) in [5, 5.41) is 36.5. The Hall–Kier alpha value is 1.24. The molecule has 0 aliphatic heterocycles. The molecular weight excluding hydrogens is 336 g/mol. The number of thioether (sulfide) groups is 4. The van der Waals surface area contributed by atoms with Gasteiger partial charge in [0, 0.05) is 45.0 Å². The van der Waals surface area contributed by atoms with Gasteiger partial charge in [-0.3, -0.25) is 0 Å². The van der Waals surface area contributed by atoms with Crippen LogP contribution in [-0.2, 0) is 0 Å². The maximum absolute atomic E-state index is 9.01. The van der Waals surface area contributed by atoms with E-state index in [4.69, 9.17) is 20.4 Å². The first kappa shape index (κ1) is 21.2. The first-order valence-electron chi connectivity index (χ1n) is 6.62. The van der Waals surface area contributed by atoms with Gasteiger partial charge in [-0.1, -0.05) is 0 Å². The third kappa shape index (κ3) is 11.9. The van der Waals surface area contributed by atoms with E-state index in [0.717, 1.165) is 23.0 Å². The summed E-state index contributed by atoms with van der Waals surface area (Å²) in [6.07, 6.45) is 0. The first-order valence-corrected chi connectivity index (χ1v) is 11.0. The van der Waals surface area contributed by atoms with E-state index in [1.165, 1.54) is 0 Å². The van der Waals surface area contributed by atoms with Gasteiger partial charge in [0.25, 0.3) is 0 Å². The second-order valence-electron chi connectivity index (χ2n) is 3.86. The molecule has 0 aromatic rings. The lowest BCUT2D eigenvalue weighted by molar-refractivity contribution is 0.321. The fraction of sp³-hybridized carbons (Fsp3) is 1.00. The monoisotopic (exact) mass is 362 g/mol. The summed E-state index contributed by atoms with van der Waals surface area (Å²) >= 11 is 6.97. The third-order valence-corrected chi connectivity index (χ3v) is 7.71. The van der Waals surface area contributed by atoms with Crippen molar-refractivity contribution in [3.63, 3.8) is 0 Å². The van der Waals surface area contributed by atoms with Gasteiger partial charge in [0.15, 0.2) is 0 Å². The average Bonchev–Trinajstić information content (AvgIpc) is 2.47. The lowest BCUT2D eigenvalue weighted by atomic mass is 10.3. The van der Waals surface area contributed by atoms with E-state index >= 15 is 0 Å². The van der Waals surface area contributed by atoms with Gasteiger partial charge < -0.3 is 20.4 Å². The summed E-state index contributed by atoms with van der Waals surface area (Å²) in [6, 6.07) is 0. The summed E-state index contributed by atoms with van der Waals surface area (Å²) in [5.74, 6) is 4.77. The molecule has 2 atom stereocenters. The first-order chi connectivity index (χ1) is 9.79. The third-order valence-electron chi connectivity index (χ3n) is 2.30. The van der Waals surface area contributed by atoms with Crippen LogP contribution in [0.3, 0.4) is 0 Å². The minimum atomic E-state index is 0.174. The molecule has 20 heavy (non-hydrogen) atoms. The second-order valence-corrected chi connectivity index (χ2v) is 8.86. The Morgan fingerprint density at radius 2 is 0.900 bits per heavy atom. The standard InChI is InChI=1S/C12H26O4S4/c13-1-5-17-9-11(19-7-3-15)12(20-8-4-16)10-18-6-2-14/h11-16H,1-10H2. The molecule has 0 aromatic carbocycles. The molecule has 122 valence electrons. The van der Waals surface area contributed by atoms with Crippen molar-refractivity contribution in [3.8, 4) is 0 Å². The van der Waals surface area contributed by atoms with Crippen LogP contribution in [0.5, 0.6) is 0 Å². The molecule has 0 heterocycles. The zero-order valence-electron chi connectivity index (χ0n) is 11.6. The molecule has 0 bridgehead atoms. The highest BCUT2D eigenvalue weighted by Gasteiger charge is 2.22. The van der Waals surface area contributed by atoms with Gasteiger partial charge in [0.2, 0.25) is 0 Å². The predicted molar refractivity (Wildman–Crippen MR) is 95.5 cm³/mol. The minimum absolute atomic E-state index is 0.174. The molecule has 0 radical (unpaired) electrons. The predicted octanol–water partition coefficient (Wildman–Crippen LogP) is 0.626. The molecule has 0 amide bonds. The Balaban J connectivity index is 4.32. The molecular formula is C12H26O4S4. The van der Waals surface area contributed by atoms with Crippen LogP contribution in [0.25, 0.3) is 0 Å². The van der Waals surface area contributed by atoms with Crippen LogP contribution < -0.4 is 0 Å². The van der Waals surface area contributed by atoms with Crippen molar-refractivity contribution in [1.82, 2.24) is 0 Å². The van der Waals surface area contributed by atoms with Crippen molar-refractivity contribution in [2.45, 2.75) is 10.5 Å². The minimum Gasteiger partial charge on any atom is -0.396 e. The number of aliphatic hydroxyl groups excluding tert-OH is 4. The Bertz CT molecular complexity index is 180. The van der Waals surface area contributed by atoms with Gasteiger partial charge in [0.05, 0.1) is 26.4 Å². The molecule has 4 nitrogen and oxygen atoms in total. The normalized spacial score (nSPS) is 14.4. The van der Waals surface area contributed by atoms with Crippen molar-refractivity contribution in [1.29, 1.82) is 0 Å². The van der Waals surface area contributed by atoms with Crippen molar-refractivity contribution in [2.75, 3.05) is 60.9 Å². The van der Waals surface area contributed by atoms with Crippen LogP contribution in [0.15, 0.2) is 0 Å². The summed E-state index contributed by atoms with van der Waals surface area (Å²) in [7, 11) is 0. The Labute approximate surface area is 138 Å². The SMILES string of the molecule is OCCSCC(SCCO)C(CSCCO)SCCO. The summed E-state index contributed by atoms with van der Waals surface area (Å²) < 4.78 is 0. The molecule has 8 heteroatoms. The topological polar surface area (TPSA) is 80.9 Å². The molecule has 0 saturated heterocycles. The lowest BCUT2D eigenvalue weighted by Gasteiger charge is -2.26.